The summed E-state index contributed by atoms with van der Waals surface area (Å²) in [6.07, 6.45) is -1.30. The molecule has 1 fully saturated rings. The Kier molecular flexibility index (Phi) is 4.65. The summed E-state index contributed by atoms with van der Waals surface area (Å²) in [7, 11) is 2.83. The maximum atomic E-state index is 14.0. The van der Waals surface area contributed by atoms with Crippen molar-refractivity contribution in [3.8, 4) is 17.6 Å². The number of benzene rings is 1. The molecular formula is C14H15F2N3O4. The van der Waals surface area contributed by atoms with Gasteiger partial charge in [-0.2, -0.15) is 5.26 Å². The number of alkyl halides is 2. The molecule has 1 aromatic rings. The van der Waals surface area contributed by atoms with Gasteiger partial charge in [-0.05, 0) is 7.05 Å². The van der Waals surface area contributed by atoms with E-state index < -0.39 is 29.2 Å². The first-order valence-corrected chi connectivity index (χ1v) is 6.78. The highest BCUT2D eigenvalue weighted by molar-refractivity contribution is 5.58. The van der Waals surface area contributed by atoms with Gasteiger partial charge in [0.25, 0.3) is 11.6 Å². The number of nitro benzene ring substituents is 1. The van der Waals surface area contributed by atoms with Crippen LogP contribution in [0.25, 0.3) is 0 Å². The molecule has 7 nitrogen and oxygen atoms in total. The summed E-state index contributed by atoms with van der Waals surface area (Å²) < 4.78 is 38.4. The molecule has 0 N–H and O–H groups in total. The molecule has 0 aromatic heterocycles. The number of nitro groups is 1. The van der Waals surface area contributed by atoms with Gasteiger partial charge in [-0.15, -0.1) is 0 Å². The molecule has 23 heavy (non-hydrogen) atoms. The average Bonchev–Trinajstić information content (AvgIpc) is 2.48. The third-order valence-electron chi connectivity index (χ3n) is 3.59. The summed E-state index contributed by atoms with van der Waals surface area (Å²) in [5.74, 6) is -3.25. The van der Waals surface area contributed by atoms with Crippen molar-refractivity contribution in [3.05, 3.63) is 27.8 Å². The predicted octanol–water partition coefficient (Wildman–Crippen LogP) is 2.19. The Hall–Kier alpha value is -2.47. The van der Waals surface area contributed by atoms with E-state index >= 15 is 0 Å². The Bertz CT molecular complexity index is 660. The number of nitrogens with zero attached hydrogens (tertiary/aromatic N) is 3. The van der Waals surface area contributed by atoms with Gasteiger partial charge in [0.2, 0.25) is 0 Å². The van der Waals surface area contributed by atoms with E-state index in [0.29, 0.717) is 6.54 Å². The van der Waals surface area contributed by atoms with E-state index in [1.165, 1.54) is 12.0 Å². The summed E-state index contributed by atoms with van der Waals surface area (Å²) in [4.78, 5) is 11.7. The highest BCUT2D eigenvalue weighted by Crippen LogP contribution is 2.38. The fraction of sp³-hybridized carbons (Fsp3) is 0.500. The van der Waals surface area contributed by atoms with Crippen molar-refractivity contribution in [1.82, 2.24) is 4.90 Å². The number of halogens is 2. The van der Waals surface area contributed by atoms with E-state index in [4.69, 9.17) is 14.7 Å². The zero-order chi connectivity index (χ0) is 17.2. The van der Waals surface area contributed by atoms with E-state index in [0.717, 1.165) is 12.1 Å². The summed E-state index contributed by atoms with van der Waals surface area (Å²) in [6, 6.07) is 3.72. The van der Waals surface area contributed by atoms with Gasteiger partial charge in [0.1, 0.15) is 11.6 Å². The molecule has 2 rings (SSSR count). The van der Waals surface area contributed by atoms with Crippen LogP contribution in [-0.4, -0.2) is 49.1 Å². The summed E-state index contributed by atoms with van der Waals surface area (Å²) in [5, 5.41) is 19.9. The number of hydrogen-bond acceptors (Lipinski definition) is 6. The molecule has 0 bridgehead atoms. The van der Waals surface area contributed by atoms with Crippen molar-refractivity contribution in [1.29, 1.82) is 5.26 Å². The van der Waals surface area contributed by atoms with Crippen molar-refractivity contribution in [2.45, 2.75) is 18.4 Å². The molecule has 0 radical (unpaired) electrons. The highest BCUT2D eigenvalue weighted by Gasteiger charge is 2.45. The van der Waals surface area contributed by atoms with Crippen molar-refractivity contribution >= 4 is 5.69 Å². The van der Waals surface area contributed by atoms with E-state index in [1.807, 2.05) is 0 Å². The van der Waals surface area contributed by atoms with Gasteiger partial charge in [-0.1, -0.05) is 0 Å². The Labute approximate surface area is 131 Å². The Morgan fingerprint density at radius 3 is 2.70 bits per heavy atom. The van der Waals surface area contributed by atoms with Gasteiger partial charge in [-0.25, -0.2) is 8.78 Å². The van der Waals surface area contributed by atoms with E-state index in [-0.39, 0.29) is 23.5 Å². The molecule has 1 aromatic carbocycles. The second kappa shape index (κ2) is 6.34. The first kappa shape index (κ1) is 16.9. The molecule has 9 heteroatoms. The number of rotatable bonds is 4. The lowest BCUT2D eigenvalue weighted by Gasteiger charge is -2.36. The summed E-state index contributed by atoms with van der Waals surface area (Å²) in [6.45, 7) is -0.0151. The van der Waals surface area contributed by atoms with Crippen molar-refractivity contribution in [2.24, 2.45) is 0 Å². The molecule has 0 amide bonds. The maximum absolute atomic E-state index is 14.0. The third kappa shape index (κ3) is 3.48. The van der Waals surface area contributed by atoms with Crippen LogP contribution in [0.4, 0.5) is 14.5 Å². The largest absolute Gasteiger partial charge is 0.493 e. The Morgan fingerprint density at radius 2 is 2.17 bits per heavy atom. The quantitative estimate of drug-likeness (QED) is 0.622. The molecule has 1 aliphatic rings. The molecule has 1 heterocycles. The maximum Gasteiger partial charge on any atom is 0.296 e. The number of nitriles is 1. The second-order valence-corrected chi connectivity index (χ2v) is 5.28. The molecule has 0 spiro atoms. The minimum Gasteiger partial charge on any atom is -0.493 e. The van der Waals surface area contributed by atoms with Gasteiger partial charge in [0.05, 0.1) is 24.6 Å². The van der Waals surface area contributed by atoms with Gasteiger partial charge in [0.15, 0.2) is 17.6 Å². The van der Waals surface area contributed by atoms with Crippen LogP contribution in [0.3, 0.4) is 0 Å². The van der Waals surface area contributed by atoms with Crippen molar-refractivity contribution in [3.63, 3.8) is 0 Å². The number of methoxy groups -OCH3 is 1. The summed E-state index contributed by atoms with van der Waals surface area (Å²) in [5.41, 5.74) is -0.742. The predicted molar refractivity (Wildman–Crippen MR) is 75.8 cm³/mol. The second-order valence-electron chi connectivity index (χ2n) is 5.28. The van der Waals surface area contributed by atoms with Gasteiger partial charge < -0.3 is 14.4 Å². The molecular weight excluding hydrogens is 312 g/mol. The monoisotopic (exact) mass is 327 g/mol. The van der Waals surface area contributed by atoms with Crippen LogP contribution in [0.5, 0.6) is 11.5 Å². The van der Waals surface area contributed by atoms with Crippen LogP contribution in [0.15, 0.2) is 12.1 Å². The van der Waals surface area contributed by atoms with Crippen LogP contribution >= 0.6 is 0 Å². The number of ether oxygens (including phenoxy) is 2. The molecule has 124 valence electrons. The first-order valence-electron chi connectivity index (χ1n) is 6.78. The van der Waals surface area contributed by atoms with Crippen LogP contribution in [0.1, 0.15) is 12.0 Å². The molecule has 1 aliphatic heterocycles. The lowest BCUT2D eigenvalue weighted by Crippen LogP contribution is -2.52. The molecule has 0 aliphatic carbocycles. The standard InChI is InChI=1S/C14H15F2N3O4/c1-18-4-3-13(14(15,16)8-18)23-12-5-9(7-17)10(19(20)21)6-11(12)22-2/h5-6,13H,3-4,8H2,1-2H3/t13-/m1/s1. The van der Waals surface area contributed by atoms with Crippen molar-refractivity contribution in [2.75, 3.05) is 27.2 Å². The van der Waals surface area contributed by atoms with Crippen LogP contribution in [0.2, 0.25) is 0 Å². The molecule has 0 unspecified atom stereocenters. The molecule has 1 atom stereocenters. The van der Waals surface area contributed by atoms with Crippen molar-refractivity contribution < 1.29 is 23.2 Å². The van der Waals surface area contributed by atoms with E-state index in [2.05, 4.69) is 0 Å². The van der Waals surface area contributed by atoms with Gasteiger partial charge in [0, 0.05) is 19.0 Å². The number of piperidine rings is 1. The van der Waals surface area contributed by atoms with Crippen LogP contribution in [-0.2, 0) is 0 Å². The fourth-order valence-corrected chi connectivity index (χ4v) is 2.43. The number of hydrogen-bond donors (Lipinski definition) is 0. The Balaban J connectivity index is 2.36. The van der Waals surface area contributed by atoms with Gasteiger partial charge in [-0.3, -0.25) is 10.1 Å². The minimum atomic E-state index is -3.08. The number of likely N-dealkylation sites (tertiary alicyclic amines) is 1. The lowest BCUT2D eigenvalue weighted by molar-refractivity contribution is -0.385. The zero-order valence-electron chi connectivity index (χ0n) is 12.6. The lowest BCUT2D eigenvalue weighted by atomic mass is 10.0. The van der Waals surface area contributed by atoms with E-state index in [1.54, 1.807) is 13.1 Å². The topological polar surface area (TPSA) is 88.6 Å². The molecule has 1 saturated heterocycles. The average molecular weight is 327 g/mol. The molecule has 0 saturated carbocycles. The SMILES string of the molecule is COc1cc([N+](=O)[O-])c(C#N)cc1O[C@@H]1CCN(C)CC1(F)F. The van der Waals surface area contributed by atoms with Crippen LogP contribution < -0.4 is 9.47 Å². The first-order chi connectivity index (χ1) is 10.8. The van der Waals surface area contributed by atoms with E-state index in [9.17, 15) is 18.9 Å². The third-order valence-corrected chi connectivity index (χ3v) is 3.59. The summed E-state index contributed by atoms with van der Waals surface area (Å²) >= 11 is 0. The zero-order valence-corrected chi connectivity index (χ0v) is 12.6. The smallest absolute Gasteiger partial charge is 0.296 e. The highest BCUT2D eigenvalue weighted by atomic mass is 19.3. The minimum absolute atomic E-state index is 0.0644. The normalized spacial score (nSPS) is 20.6. The van der Waals surface area contributed by atoms with Crippen LogP contribution in [0, 0.1) is 21.4 Å². The van der Waals surface area contributed by atoms with Gasteiger partial charge >= 0.3 is 0 Å². The fourth-order valence-electron chi connectivity index (χ4n) is 2.43. The Morgan fingerprint density at radius 1 is 1.48 bits per heavy atom.